The maximum absolute atomic E-state index is 5.93. The van der Waals surface area contributed by atoms with E-state index in [9.17, 15) is 0 Å². The minimum atomic E-state index is 0.279. The number of hydrogen-bond acceptors (Lipinski definition) is 3. The predicted molar refractivity (Wildman–Crippen MR) is 79.2 cm³/mol. The molecule has 0 spiro atoms. The third kappa shape index (κ3) is 5.33. The van der Waals surface area contributed by atoms with Crippen molar-refractivity contribution in [2.75, 3.05) is 13.2 Å². The molecule has 1 N–H and O–H groups in total. The highest BCUT2D eigenvalue weighted by molar-refractivity contribution is 5.04. The second-order valence-electron chi connectivity index (χ2n) is 5.39. The Kier molecular flexibility index (Phi) is 7.10. The van der Waals surface area contributed by atoms with Crippen LogP contribution < -0.4 is 5.32 Å². The zero-order chi connectivity index (χ0) is 14.3. The first kappa shape index (κ1) is 16.2. The first-order valence-electron chi connectivity index (χ1n) is 7.40. The first-order chi connectivity index (χ1) is 9.08. The minimum absolute atomic E-state index is 0.279. The van der Waals surface area contributed by atoms with Crippen LogP contribution in [-0.2, 0) is 18.2 Å². The van der Waals surface area contributed by atoms with Gasteiger partial charge in [-0.05, 0) is 37.8 Å². The van der Waals surface area contributed by atoms with Gasteiger partial charge in [-0.1, -0.05) is 20.8 Å². The third-order valence-corrected chi connectivity index (χ3v) is 3.38. The van der Waals surface area contributed by atoms with Gasteiger partial charge in [0.25, 0.3) is 0 Å². The molecule has 1 heterocycles. The van der Waals surface area contributed by atoms with E-state index >= 15 is 0 Å². The van der Waals surface area contributed by atoms with Crippen LogP contribution in [0.5, 0.6) is 0 Å². The summed E-state index contributed by atoms with van der Waals surface area (Å²) < 4.78 is 7.79. The number of nitrogens with one attached hydrogen (secondary N) is 1. The fourth-order valence-electron chi connectivity index (χ4n) is 2.53. The van der Waals surface area contributed by atoms with Crippen molar-refractivity contribution in [3.8, 4) is 0 Å². The van der Waals surface area contributed by atoms with Crippen LogP contribution in [-0.4, -0.2) is 35.1 Å². The van der Waals surface area contributed by atoms with Crippen LogP contribution in [0.3, 0.4) is 0 Å². The van der Waals surface area contributed by atoms with Gasteiger partial charge in [-0.2, -0.15) is 5.10 Å². The highest BCUT2D eigenvalue weighted by Crippen LogP contribution is 2.16. The van der Waals surface area contributed by atoms with Crippen LogP contribution in [0.2, 0.25) is 0 Å². The molecule has 2 atom stereocenters. The van der Waals surface area contributed by atoms with Crippen LogP contribution in [0, 0.1) is 5.92 Å². The molecule has 0 radical (unpaired) electrons. The first-order valence-corrected chi connectivity index (χ1v) is 7.40. The highest BCUT2D eigenvalue weighted by Gasteiger charge is 2.24. The van der Waals surface area contributed by atoms with E-state index < -0.39 is 0 Å². The molecule has 4 nitrogen and oxygen atoms in total. The predicted octanol–water partition coefficient (Wildman–Crippen LogP) is 2.39. The van der Waals surface area contributed by atoms with Crippen molar-refractivity contribution < 1.29 is 4.74 Å². The van der Waals surface area contributed by atoms with Gasteiger partial charge < -0.3 is 10.1 Å². The molecule has 1 rings (SSSR count). The fraction of sp³-hybridized carbons (Fsp3) is 0.800. The van der Waals surface area contributed by atoms with Gasteiger partial charge in [-0.25, -0.2) is 0 Å². The average molecular weight is 267 g/mol. The van der Waals surface area contributed by atoms with E-state index in [2.05, 4.69) is 44.3 Å². The molecule has 0 aromatic carbocycles. The molecule has 2 unspecified atom stereocenters. The summed E-state index contributed by atoms with van der Waals surface area (Å²) in [4.78, 5) is 0. The molecule has 1 aromatic rings. The maximum Gasteiger partial charge on any atom is 0.0750 e. The molecule has 0 fully saturated rings. The molecule has 0 saturated heterocycles. The Morgan fingerprint density at radius 1 is 1.37 bits per heavy atom. The Morgan fingerprint density at radius 2 is 2.11 bits per heavy atom. The van der Waals surface area contributed by atoms with E-state index in [4.69, 9.17) is 4.74 Å². The van der Waals surface area contributed by atoms with Crippen molar-refractivity contribution in [2.45, 2.75) is 52.7 Å². The van der Waals surface area contributed by atoms with Gasteiger partial charge >= 0.3 is 0 Å². The highest BCUT2D eigenvalue weighted by atomic mass is 16.5. The number of ether oxygens (including phenoxy) is 1. The van der Waals surface area contributed by atoms with E-state index in [1.807, 2.05) is 17.9 Å². The summed E-state index contributed by atoms with van der Waals surface area (Å²) in [5.41, 5.74) is 1.30. The van der Waals surface area contributed by atoms with Gasteiger partial charge in [-0.3, -0.25) is 4.68 Å². The average Bonchev–Trinajstić information content (AvgIpc) is 2.77. The molecule has 110 valence electrons. The molecular weight excluding hydrogens is 238 g/mol. The van der Waals surface area contributed by atoms with Gasteiger partial charge in [0.05, 0.1) is 12.3 Å². The lowest BCUT2D eigenvalue weighted by Gasteiger charge is -2.30. The summed E-state index contributed by atoms with van der Waals surface area (Å²) in [6.07, 6.45) is 6.45. The van der Waals surface area contributed by atoms with Gasteiger partial charge in [-0.15, -0.1) is 0 Å². The smallest absolute Gasteiger partial charge is 0.0750 e. The van der Waals surface area contributed by atoms with Crippen LogP contribution >= 0.6 is 0 Å². The van der Waals surface area contributed by atoms with Crippen molar-refractivity contribution >= 4 is 0 Å². The number of likely N-dealkylation sites (N-methyl/N-ethyl adjacent to an activating group) is 1. The van der Waals surface area contributed by atoms with Crippen LogP contribution in [0.15, 0.2) is 12.4 Å². The summed E-state index contributed by atoms with van der Waals surface area (Å²) in [7, 11) is 1.96. The summed E-state index contributed by atoms with van der Waals surface area (Å²) in [5.74, 6) is 0.526. The Labute approximate surface area is 117 Å². The third-order valence-electron chi connectivity index (χ3n) is 3.38. The molecule has 0 bridgehead atoms. The van der Waals surface area contributed by atoms with Crippen molar-refractivity contribution in [1.29, 1.82) is 0 Å². The Morgan fingerprint density at radius 3 is 2.58 bits per heavy atom. The molecule has 0 aliphatic heterocycles. The second kappa shape index (κ2) is 8.33. The number of aromatic nitrogens is 2. The number of nitrogens with zero attached hydrogens (tertiary/aromatic N) is 2. The van der Waals surface area contributed by atoms with E-state index in [1.165, 1.54) is 5.56 Å². The zero-order valence-corrected chi connectivity index (χ0v) is 13.0. The Balaban J connectivity index is 2.59. The topological polar surface area (TPSA) is 39.1 Å². The lowest BCUT2D eigenvalue weighted by atomic mass is 9.94. The SMILES string of the molecule is CCNC(CCc1cnn(C)c1)C(OCC)C(C)C. The lowest BCUT2D eigenvalue weighted by Crippen LogP contribution is -2.44. The number of rotatable bonds is 9. The minimum Gasteiger partial charge on any atom is -0.377 e. The van der Waals surface area contributed by atoms with E-state index in [0.29, 0.717) is 12.0 Å². The number of aryl methyl sites for hydroxylation is 2. The summed E-state index contributed by atoms with van der Waals surface area (Å²) >= 11 is 0. The van der Waals surface area contributed by atoms with E-state index in [0.717, 1.165) is 26.0 Å². The summed E-state index contributed by atoms with van der Waals surface area (Å²) in [6, 6.07) is 0.408. The summed E-state index contributed by atoms with van der Waals surface area (Å²) in [5, 5.41) is 7.80. The standard InChI is InChI=1S/C15H29N3O/c1-6-16-14(15(12(3)4)19-7-2)9-8-13-10-17-18(5)11-13/h10-12,14-16H,6-9H2,1-5H3. The molecule has 4 heteroatoms. The molecule has 0 amide bonds. The van der Waals surface area contributed by atoms with Crippen LogP contribution in [0.4, 0.5) is 0 Å². The zero-order valence-electron chi connectivity index (χ0n) is 13.0. The van der Waals surface area contributed by atoms with Crippen LogP contribution in [0.25, 0.3) is 0 Å². The van der Waals surface area contributed by atoms with E-state index in [-0.39, 0.29) is 6.10 Å². The van der Waals surface area contributed by atoms with Gasteiger partial charge in [0.2, 0.25) is 0 Å². The van der Waals surface area contributed by atoms with Crippen molar-refractivity contribution in [3.63, 3.8) is 0 Å². The largest absolute Gasteiger partial charge is 0.377 e. The lowest BCUT2D eigenvalue weighted by molar-refractivity contribution is 0.00194. The molecule has 0 aliphatic carbocycles. The van der Waals surface area contributed by atoms with Crippen molar-refractivity contribution in [3.05, 3.63) is 18.0 Å². The number of hydrogen-bond donors (Lipinski definition) is 1. The van der Waals surface area contributed by atoms with Crippen molar-refractivity contribution in [2.24, 2.45) is 13.0 Å². The Bertz CT molecular complexity index is 349. The maximum atomic E-state index is 5.93. The monoisotopic (exact) mass is 267 g/mol. The summed E-state index contributed by atoms with van der Waals surface area (Å²) in [6.45, 7) is 10.4. The molecule has 1 aromatic heterocycles. The molecule has 0 saturated carbocycles. The van der Waals surface area contributed by atoms with Crippen molar-refractivity contribution in [1.82, 2.24) is 15.1 Å². The fourth-order valence-corrected chi connectivity index (χ4v) is 2.53. The normalized spacial score (nSPS) is 14.8. The van der Waals surface area contributed by atoms with Gasteiger partial charge in [0.1, 0.15) is 0 Å². The Hall–Kier alpha value is -0.870. The van der Waals surface area contributed by atoms with Gasteiger partial charge in [0, 0.05) is 25.9 Å². The van der Waals surface area contributed by atoms with Crippen LogP contribution in [0.1, 0.15) is 39.7 Å². The quantitative estimate of drug-likeness (QED) is 0.746. The van der Waals surface area contributed by atoms with E-state index in [1.54, 1.807) is 0 Å². The molecular formula is C15H29N3O. The molecule has 0 aliphatic rings. The van der Waals surface area contributed by atoms with Gasteiger partial charge in [0.15, 0.2) is 0 Å². The molecule has 19 heavy (non-hydrogen) atoms. The second-order valence-corrected chi connectivity index (χ2v) is 5.39.